The summed E-state index contributed by atoms with van der Waals surface area (Å²) < 4.78 is 0. The van der Waals surface area contributed by atoms with Gasteiger partial charge in [0.25, 0.3) is 0 Å². The molecule has 0 bridgehead atoms. The standard InChI is InChI=1S/C20H21N3OS/c1-13-15-10-7-11-17(15)22-19(16(13)12-21)25-18(20(24)23(2)3)14-8-5-4-6-9-14/h4-6,8-9,18H,7,10-11H2,1-3H3/t18-/m1/s1. The molecule has 0 saturated carbocycles. The number of fused-ring (bicyclic) bond motifs is 1. The predicted octanol–water partition coefficient (Wildman–Crippen LogP) is 3.67. The van der Waals surface area contributed by atoms with Crippen molar-refractivity contribution in [1.29, 1.82) is 5.26 Å². The van der Waals surface area contributed by atoms with Crippen molar-refractivity contribution in [3.63, 3.8) is 0 Å². The van der Waals surface area contributed by atoms with Crippen LogP contribution in [0.1, 0.15) is 39.6 Å². The fourth-order valence-corrected chi connectivity index (χ4v) is 4.50. The Hall–Kier alpha value is -2.32. The molecule has 1 aromatic carbocycles. The maximum absolute atomic E-state index is 12.8. The highest BCUT2D eigenvalue weighted by atomic mass is 32.2. The van der Waals surface area contributed by atoms with Crippen molar-refractivity contribution in [3.05, 3.63) is 58.3 Å². The van der Waals surface area contributed by atoms with Crippen LogP contribution in [0.2, 0.25) is 0 Å². The number of carbonyl (C=O) groups is 1. The molecule has 4 nitrogen and oxygen atoms in total. The van der Waals surface area contributed by atoms with Crippen LogP contribution in [-0.4, -0.2) is 29.9 Å². The molecular weight excluding hydrogens is 330 g/mol. The molecule has 0 unspecified atom stereocenters. The Balaban J connectivity index is 2.05. The fourth-order valence-electron chi connectivity index (χ4n) is 3.20. The smallest absolute Gasteiger partial charge is 0.240 e. The van der Waals surface area contributed by atoms with Crippen LogP contribution in [0.15, 0.2) is 35.4 Å². The molecule has 0 radical (unpaired) electrons. The van der Waals surface area contributed by atoms with Gasteiger partial charge in [-0.2, -0.15) is 5.26 Å². The van der Waals surface area contributed by atoms with E-state index in [1.807, 2.05) is 37.3 Å². The van der Waals surface area contributed by atoms with Crippen molar-refractivity contribution in [2.45, 2.75) is 36.5 Å². The molecule has 1 heterocycles. The topological polar surface area (TPSA) is 57.0 Å². The van der Waals surface area contributed by atoms with Gasteiger partial charge in [0.1, 0.15) is 16.3 Å². The zero-order chi connectivity index (χ0) is 18.0. The first-order chi connectivity index (χ1) is 12.0. The molecule has 0 aliphatic heterocycles. The van der Waals surface area contributed by atoms with Gasteiger partial charge in [0.15, 0.2) is 0 Å². The number of nitriles is 1. The summed E-state index contributed by atoms with van der Waals surface area (Å²) in [7, 11) is 3.51. The Morgan fingerprint density at radius 2 is 2.00 bits per heavy atom. The van der Waals surface area contributed by atoms with Crippen molar-refractivity contribution in [2.75, 3.05) is 14.1 Å². The van der Waals surface area contributed by atoms with E-state index in [1.165, 1.54) is 17.3 Å². The van der Waals surface area contributed by atoms with Crippen LogP contribution < -0.4 is 0 Å². The van der Waals surface area contributed by atoms with Gasteiger partial charge in [-0.3, -0.25) is 4.79 Å². The van der Waals surface area contributed by atoms with Crippen molar-refractivity contribution in [1.82, 2.24) is 9.88 Å². The lowest BCUT2D eigenvalue weighted by molar-refractivity contribution is -0.128. The van der Waals surface area contributed by atoms with Crippen LogP contribution in [0.4, 0.5) is 0 Å². The average molecular weight is 351 g/mol. The van der Waals surface area contributed by atoms with Crippen LogP contribution in [-0.2, 0) is 17.6 Å². The maximum Gasteiger partial charge on any atom is 0.240 e. The van der Waals surface area contributed by atoms with Gasteiger partial charge in [0.05, 0.1) is 5.56 Å². The van der Waals surface area contributed by atoms with E-state index in [9.17, 15) is 10.1 Å². The highest BCUT2D eigenvalue weighted by Gasteiger charge is 2.28. The number of thioether (sulfide) groups is 1. The summed E-state index contributed by atoms with van der Waals surface area (Å²) in [5, 5.41) is 9.93. The molecule has 3 rings (SSSR count). The highest BCUT2D eigenvalue weighted by Crippen LogP contribution is 2.39. The summed E-state index contributed by atoms with van der Waals surface area (Å²) in [5.41, 5.74) is 4.86. The van der Waals surface area contributed by atoms with E-state index < -0.39 is 5.25 Å². The van der Waals surface area contributed by atoms with E-state index in [0.717, 1.165) is 36.1 Å². The summed E-state index contributed by atoms with van der Waals surface area (Å²) in [4.78, 5) is 19.1. The van der Waals surface area contributed by atoms with Gasteiger partial charge < -0.3 is 4.90 Å². The molecule has 0 saturated heterocycles. The normalized spacial score (nSPS) is 13.8. The van der Waals surface area contributed by atoms with Gasteiger partial charge in [-0.1, -0.05) is 42.1 Å². The molecular formula is C20H21N3OS. The largest absolute Gasteiger partial charge is 0.348 e. The molecule has 2 aromatic rings. The van der Waals surface area contributed by atoms with E-state index in [0.29, 0.717) is 10.6 Å². The van der Waals surface area contributed by atoms with Crippen molar-refractivity contribution < 1.29 is 4.79 Å². The van der Waals surface area contributed by atoms with Crippen LogP contribution in [0.3, 0.4) is 0 Å². The Morgan fingerprint density at radius 1 is 1.28 bits per heavy atom. The second-order valence-corrected chi connectivity index (χ2v) is 7.54. The molecule has 25 heavy (non-hydrogen) atoms. The SMILES string of the molecule is Cc1c(C#N)c(S[C@@H](C(=O)N(C)C)c2ccccc2)nc2c1CCC2. The quantitative estimate of drug-likeness (QED) is 0.789. The molecule has 5 heteroatoms. The number of aromatic nitrogens is 1. The number of pyridine rings is 1. The number of hydrogen-bond donors (Lipinski definition) is 0. The number of nitrogens with zero attached hydrogens (tertiary/aromatic N) is 3. The molecule has 0 fully saturated rings. The summed E-state index contributed by atoms with van der Waals surface area (Å²) in [6.45, 7) is 2.00. The van der Waals surface area contributed by atoms with Crippen LogP contribution >= 0.6 is 11.8 Å². The maximum atomic E-state index is 12.8. The lowest BCUT2D eigenvalue weighted by Gasteiger charge is -2.21. The second-order valence-electron chi connectivity index (χ2n) is 6.45. The number of aryl methyl sites for hydroxylation is 1. The Morgan fingerprint density at radius 3 is 2.64 bits per heavy atom. The molecule has 1 aromatic heterocycles. The van der Waals surface area contributed by atoms with Gasteiger partial charge in [-0.05, 0) is 42.9 Å². The van der Waals surface area contributed by atoms with Gasteiger partial charge in [-0.15, -0.1) is 0 Å². The molecule has 1 atom stereocenters. The molecule has 1 aliphatic carbocycles. The first-order valence-corrected chi connectivity index (χ1v) is 9.26. The van der Waals surface area contributed by atoms with Crippen LogP contribution in [0.5, 0.6) is 0 Å². The number of benzene rings is 1. The molecule has 0 N–H and O–H groups in total. The lowest BCUT2D eigenvalue weighted by atomic mass is 10.0. The average Bonchev–Trinajstić information content (AvgIpc) is 3.08. The minimum absolute atomic E-state index is 0.0000383. The minimum atomic E-state index is -0.408. The fraction of sp³-hybridized carbons (Fsp3) is 0.350. The number of rotatable bonds is 4. The number of hydrogen-bond acceptors (Lipinski definition) is 4. The van der Waals surface area contributed by atoms with Crippen LogP contribution in [0.25, 0.3) is 0 Å². The van der Waals surface area contributed by atoms with Gasteiger partial charge in [-0.25, -0.2) is 4.98 Å². The van der Waals surface area contributed by atoms with E-state index in [1.54, 1.807) is 19.0 Å². The zero-order valence-electron chi connectivity index (χ0n) is 14.7. The predicted molar refractivity (Wildman–Crippen MR) is 99.4 cm³/mol. The Labute approximate surface area is 152 Å². The highest BCUT2D eigenvalue weighted by molar-refractivity contribution is 8.00. The van der Waals surface area contributed by atoms with E-state index in [4.69, 9.17) is 4.98 Å². The summed E-state index contributed by atoms with van der Waals surface area (Å²) >= 11 is 1.38. The van der Waals surface area contributed by atoms with E-state index in [2.05, 4.69) is 6.07 Å². The van der Waals surface area contributed by atoms with Gasteiger partial charge in [0.2, 0.25) is 5.91 Å². The molecule has 128 valence electrons. The molecule has 1 aliphatic rings. The van der Waals surface area contributed by atoms with E-state index >= 15 is 0 Å². The third-order valence-electron chi connectivity index (χ3n) is 4.58. The second kappa shape index (κ2) is 7.28. The van der Waals surface area contributed by atoms with Crippen LogP contribution in [0, 0.1) is 18.3 Å². The number of carbonyl (C=O) groups excluding carboxylic acids is 1. The zero-order valence-corrected chi connectivity index (χ0v) is 15.6. The van der Waals surface area contributed by atoms with Crippen molar-refractivity contribution >= 4 is 17.7 Å². The molecule has 0 spiro atoms. The summed E-state index contributed by atoms with van der Waals surface area (Å²) in [6.07, 6.45) is 3.03. The Kier molecular flexibility index (Phi) is 5.10. The monoisotopic (exact) mass is 351 g/mol. The first-order valence-electron chi connectivity index (χ1n) is 8.38. The Bertz CT molecular complexity index is 840. The van der Waals surface area contributed by atoms with E-state index in [-0.39, 0.29) is 5.91 Å². The third kappa shape index (κ3) is 3.40. The molecule has 1 amide bonds. The first kappa shape index (κ1) is 17.5. The van der Waals surface area contributed by atoms with Crippen molar-refractivity contribution in [2.24, 2.45) is 0 Å². The summed E-state index contributed by atoms with van der Waals surface area (Å²) in [6, 6.07) is 12.0. The number of amides is 1. The number of likely N-dealkylation sites (N-methyl/N-ethyl adjacent to an activating group) is 1. The lowest BCUT2D eigenvalue weighted by Crippen LogP contribution is -2.26. The van der Waals surface area contributed by atoms with Crippen molar-refractivity contribution in [3.8, 4) is 6.07 Å². The van der Waals surface area contributed by atoms with Gasteiger partial charge in [0, 0.05) is 19.8 Å². The third-order valence-corrected chi connectivity index (χ3v) is 5.80. The summed E-state index contributed by atoms with van der Waals surface area (Å²) in [5.74, 6) is 0.0000383. The van der Waals surface area contributed by atoms with Gasteiger partial charge >= 0.3 is 0 Å². The minimum Gasteiger partial charge on any atom is -0.348 e.